The molecule has 5 atom stereocenters. The number of likely N-dealkylation sites (tertiary alicyclic amines) is 1. The molecule has 17 nitrogen and oxygen atoms in total. The Morgan fingerprint density at radius 3 is 2.44 bits per heavy atom. The van der Waals surface area contributed by atoms with E-state index in [1.54, 1.807) is 49.8 Å². The van der Waals surface area contributed by atoms with E-state index in [4.69, 9.17) is 24.2 Å². The van der Waals surface area contributed by atoms with Crippen molar-refractivity contribution in [3.8, 4) is 22.9 Å². The number of amides is 4. The number of nitrogens with one attached hydrogen (secondary N) is 4. The van der Waals surface area contributed by atoms with E-state index in [-0.39, 0.29) is 31.5 Å². The van der Waals surface area contributed by atoms with Crippen LogP contribution in [0.15, 0.2) is 42.3 Å². The molecule has 0 radical (unpaired) electrons. The Morgan fingerprint density at radius 2 is 1.81 bits per heavy atom. The van der Waals surface area contributed by atoms with E-state index >= 15 is 0 Å². The van der Waals surface area contributed by atoms with Gasteiger partial charge in [0.1, 0.15) is 53.6 Å². The molecule has 4 N–H and O–H groups in total. The van der Waals surface area contributed by atoms with Gasteiger partial charge < -0.3 is 35.1 Å². The van der Waals surface area contributed by atoms with E-state index in [0.29, 0.717) is 51.8 Å². The number of alkyl carbamates (subject to hydrolysis) is 1. The third-order valence-corrected chi connectivity index (χ3v) is 12.5. The lowest BCUT2D eigenvalue weighted by Gasteiger charge is -2.35. The maximum atomic E-state index is 14.8. The van der Waals surface area contributed by atoms with Crippen LogP contribution < -0.4 is 30.1 Å². The quantitative estimate of drug-likeness (QED) is 0.126. The first kappa shape index (κ1) is 46.4. The minimum Gasteiger partial charge on any atom is -0.497 e. The molecule has 2 saturated carbocycles. The summed E-state index contributed by atoms with van der Waals surface area (Å²) in [6.07, 6.45) is -0.688. The van der Waals surface area contributed by atoms with Crippen molar-refractivity contribution in [3.63, 3.8) is 0 Å². The Kier molecular flexibility index (Phi) is 14.0. The number of carbonyl (C=O) groups excluding carboxylic acids is 4. The number of halogens is 2. The van der Waals surface area contributed by atoms with Crippen LogP contribution in [0, 0.1) is 11.3 Å². The summed E-state index contributed by atoms with van der Waals surface area (Å²) in [4.78, 5) is 66.8. The van der Waals surface area contributed by atoms with Gasteiger partial charge in [-0.25, -0.2) is 32.4 Å². The van der Waals surface area contributed by atoms with Gasteiger partial charge in [-0.3, -0.25) is 14.4 Å². The third kappa shape index (κ3) is 10.9. The molecule has 2 aliphatic carbocycles. The molecule has 6 rings (SSSR count). The lowest BCUT2D eigenvalue weighted by Crippen LogP contribution is -2.60. The predicted molar refractivity (Wildman–Crippen MR) is 226 cm³/mol. The standard InChI is InChI=1S/C41H53F2N7O10S2/c1-8-23-18-41(23,37(53)49-62(55,56)58-20-33(42)43)48-35(51)31-16-26(19-50(31)36(52)34(40(4,5)6)47-39(54)60-24-11-9-10-12-24)59-32-17-29(30-21-61-38(46-30)44-22(2)3)45-28-15-25(57-7)13-14-27(28)32/h8,13-15,17,21-24,26,31,33-34H,1,9-12,16,18-20H2,2-7H3,(H,44,46)(H,47,54)(H,48,51)(H,49,53)/t23?,26-,31+,34-,41-/m1/s1. The Hall–Kier alpha value is -5.15. The van der Waals surface area contributed by atoms with Gasteiger partial charge in [-0.2, -0.15) is 8.42 Å². The summed E-state index contributed by atoms with van der Waals surface area (Å²) in [7, 11) is -3.46. The van der Waals surface area contributed by atoms with Crippen LogP contribution in [-0.4, -0.2) is 110 Å². The Balaban J connectivity index is 1.33. The molecule has 1 saturated heterocycles. The second-order valence-electron chi connectivity index (χ2n) is 17.0. The number of alkyl halides is 2. The second kappa shape index (κ2) is 18.7. The Bertz CT molecular complexity index is 2280. The van der Waals surface area contributed by atoms with E-state index in [0.717, 1.165) is 12.8 Å². The summed E-state index contributed by atoms with van der Waals surface area (Å²) in [5.74, 6) is -2.57. The summed E-state index contributed by atoms with van der Waals surface area (Å²) < 4.78 is 74.0. The van der Waals surface area contributed by atoms with Gasteiger partial charge in [0.25, 0.3) is 12.3 Å². The lowest BCUT2D eigenvalue weighted by molar-refractivity contribution is -0.143. The molecule has 1 aromatic carbocycles. The number of aromatic nitrogens is 2. The molecule has 0 bridgehead atoms. The maximum Gasteiger partial charge on any atom is 0.408 e. The molecule has 3 aromatic rings. The van der Waals surface area contributed by atoms with Gasteiger partial charge >= 0.3 is 16.4 Å². The van der Waals surface area contributed by atoms with Crippen molar-refractivity contribution >= 4 is 61.5 Å². The van der Waals surface area contributed by atoms with Crippen LogP contribution in [0.2, 0.25) is 0 Å². The molecule has 62 heavy (non-hydrogen) atoms. The van der Waals surface area contributed by atoms with Gasteiger partial charge in [-0.15, -0.1) is 17.9 Å². The molecule has 3 fully saturated rings. The molecule has 4 amide bonds. The number of ether oxygens (including phenoxy) is 3. The lowest BCUT2D eigenvalue weighted by atomic mass is 9.85. The van der Waals surface area contributed by atoms with Crippen LogP contribution in [0.3, 0.4) is 0 Å². The maximum absolute atomic E-state index is 14.8. The van der Waals surface area contributed by atoms with E-state index in [9.17, 15) is 36.4 Å². The van der Waals surface area contributed by atoms with Gasteiger partial charge in [0.2, 0.25) is 11.8 Å². The van der Waals surface area contributed by atoms with Crippen molar-refractivity contribution in [1.29, 1.82) is 0 Å². The predicted octanol–water partition coefficient (Wildman–Crippen LogP) is 5.32. The zero-order valence-corrected chi connectivity index (χ0v) is 37.0. The highest BCUT2D eigenvalue weighted by Gasteiger charge is 2.61. The highest BCUT2D eigenvalue weighted by molar-refractivity contribution is 7.85. The number of hydrogen-bond acceptors (Lipinski definition) is 14. The zero-order chi connectivity index (χ0) is 45.1. The van der Waals surface area contributed by atoms with Crippen LogP contribution >= 0.6 is 11.3 Å². The van der Waals surface area contributed by atoms with E-state index in [1.165, 1.54) is 29.4 Å². The van der Waals surface area contributed by atoms with Crippen molar-refractivity contribution in [3.05, 3.63) is 42.3 Å². The van der Waals surface area contributed by atoms with E-state index < -0.39 is 82.2 Å². The number of hydrogen-bond donors (Lipinski definition) is 4. The average Bonchev–Trinajstić information content (AvgIpc) is 3.61. The smallest absolute Gasteiger partial charge is 0.408 e. The summed E-state index contributed by atoms with van der Waals surface area (Å²) in [5.41, 5.74) is -1.19. The van der Waals surface area contributed by atoms with E-state index in [2.05, 4.69) is 26.7 Å². The number of carbonyl (C=O) groups is 4. The number of methoxy groups -OCH3 is 1. The van der Waals surface area contributed by atoms with Gasteiger partial charge in [0.05, 0.1) is 24.9 Å². The fraction of sp³-hybridized carbons (Fsp3) is 0.561. The first-order valence-electron chi connectivity index (χ1n) is 20.3. The number of benzene rings is 1. The van der Waals surface area contributed by atoms with Crippen molar-refractivity contribution in [2.45, 2.75) is 115 Å². The average molecular weight is 906 g/mol. The fourth-order valence-corrected chi connectivity index (χ4v) is 9.23. The Labute approximate surface area is 362 Å². The van der Waals surface area contributed by atoms with Gasteiger partial charge in [0, 0.05) is 41.3 Å². The number of nitrogens with zero attached hydrogens (tertiary/aromatic N) is 3. The number of pyridine rings is 1. The van der Waals surface area contributed by atoms with Crippen LogP contribution in [0.1, 0.15) is 73.1 Å². The number of fused-ring (bicyclic) bond motifs is 1. The minimum absolute atomic E-state index is 0.0848. The first-order valence-corrected chi connectivity index (χ1v) is 22.6. The molecule has 1 aliphatic heterocycles. The molecule has 3 aliphatic rings. The van der Waals surface area contributed by atoms with Crippen LogP contribution in [0.4, 0.5) is 18.7 Å². The van der Waals surface area contributed by atoms with Gasteiger partial charge in [-0.1, -0.05) is 26.8 Å². The Morgan fingerprint density at radius 1 is 1.08 bits per heavy atom. The molecule has 3 heterocycles. The summed E-state index contributed by atoms with van der Waals surface area (Å²) in [5, 5.41) is 11.8. The van der Waals surface area contributed by atoms with Gasteiger partial charge in [-0.05, 0) is 63.5 Å². The zero-order valence-electron chi connectivity index (χ0n) is 35.4. The van der Waals surface area contributed by atoms with Crippen LogP contribution in [0.25, 0.3) is 22.3 Å². The summed E-state index contributed by atoms with van der Waals surface area (Å²) in [6, 6.07) is 4.60. The summed E-state index contributed by atoms with van der Waals surface area (Å²) >= 11 is 1.41. The number of anilines is 1. The highest BCUT2D eigenvalue weighted by Crippen LogP contribution is 2.45. The summed E-state index contributed by atoms with van der Waals surface area (Å²) in [6.45, 7) is 11.3. The topological polar surface area (TPSA) is 216 Å². The highest BCUT2D eigenvalue weighted by atomic mass is 32.2. The molecule has 0 spiro atoms. The third-order valence-electron chi connectivity index (χ3n) is 10.9. The minimum atomic E-state index is -4.99. The van der Waals surface area contributed by atoms with Gasteiger partial charge in [0.15, 0.2) is 5.13 Å². The number of thiazole rings is 1. The van der Waals surface area contributed by atoms with E-state index in [1.807, 2.05) is 19.2 Å². The number of rotatable bonds is 17. The van der Waals surface area contributed by atoms with Crippen molar-refractivity contribution < 1.29 is 54.8 Å². The monoisotopic (exact) mass is 905 g/mol. The normalized spacial score (nSPS) is 22.0. The largest absolute Gasteiger partial charge is 0.497 e. The molecule has 1 unspecified atom stereocenters. The molecule has 338 valence electrons. The van der Waals surface area contributed by atoms with Crippen LogP contribution in [-0.2, 0) is 33.6 Å². The van der Waals surface area contributed by atoms with Crippen LogP contribution in [0.5, 0.6) is 11.5 Å². The van der Waals surface area contributed by atoms with Crippen molar-refractivity contribution in [1.82, 2.24) is 30.2 Å². The molecular formula is C41H53F2N7O10S2. The second-order valence-corrected chi connectivity index (χ2v) is 19.2. The van der Waals surface area contributed by atoms with Crippen molar-refractivity contribution in [2.24, 2.45) is 11.3 Å². The molecule has 21 heteroatoms. The van der Waals surface area contributed by atoms with Crippen molar-refractivity contribution in [2.75, 3.05) is 25.6 Å². The molecular weight excluding hydrogens is 853 g/mol. The molecule has 2 aromatic heterocycles. The fourth-order valence-electron chi connectivity index (χ4n) is 7.63. The SMILES string of the molecule is C=CC1C[C@]1(NC(=O)[C@@H]1C[C@@H](Oc2cc(-c3csc(NC(C)C)n3)nc3cc(OC)ccc23)CN1C(=O)[C@@H](NC(=O)OC1CCCC1)C(C)(C)C)C(=O)NS(=O)(=O)OCC(F)F. The first-order chi connectivity index (χ1) is 29.2.